The third kappa shape index (κ3) is 6.55. The number of carbonyl (C=O) groups is 1. The number of nitrogens with two attached hydrogens (primary N) is 1. The molecule has 4 heterocycles. The molecule has 1 fully saturated rings. The van der Waals surface area contributed by atoms with Crippen molar-refractivity contribution in [1.82, 2.24) is 15.0 Å². The Balaban J connectivity index is 1.67. The average Bonchev–Trinajstić information content (AvgIpc) is 2.99. The number of ether oxygens (including phenoxy) is 1. The molecule has 2 aromatic heterocycles. The number of hydrogen-bond donors (Lipinski definition) is 2. The van der Waals surface area contributed by atoms with Gasteiger partial charge in [0.15, 0.2) is 0 Å². The van der Waals surface area contributed by atoms with Gasteiger partial charge in [-0.15, -0.1) is 0 Å². The Kier molecular flexibility index (Phi) is 8.83. The van der Waals surface area contributed by atoms with E-state index in [9.17, 15) is 36.2 Å². The summed E-state index contributed by atoms with van der Waals surface area (Å²) in [4.78, 5) is 29.3. The van der Waals surface area contributed by atoms with Crippen molar-refractivity contribution >= 4 is 17.5 Å². The standard InChI is InChI=1S/C31H34F6N6O3/c1-4-29(38)15-21(26-23(43(29)28(44)45)5-6-25(41-26)46-3)27-39-16-24(42-9-7-17(2)8-10-42)22(40-27)13-18-11-19(30(32,33)34)14-20(12-18)31(35,36)37/h5-6,11-12,14,16-17,21H,4,7-10,13,15,38H2,1-3H3,(H,44,45)/t21-,29+/m0/s1. The van der Waals surface area contributed by atoms with Crippen molar-refractivity contribution in [3.63, 3.8) is 0 Å². The largest absolute Gasteiger partial charge is 0.481 e. The van der Waals surface area contributed by atoms with Crippen molar-refractivity contribution in [2.24, 2.45) is 11.7 Å². The summed E-state index contributed by atoms with van der Waals surface area (Å²) in [5.41, 5.74) is 3.41. The molecule has 248 valence electrons. The molecule has 2 aliphatic heterocycles. The third-order valence-corrected chi connectivity index (χ3v) is 8.78. The van der Waals surface area contributed by atoms with Gasteiger partial charge < -0.3 is 20.5 Å². The lowest BCUT2D eigenvalue weighted by Crippen LogP contribution is -2.61. The van der Waals surface area contributed by atoms with Gasteiger partial charge in [-0.25, -0.2) is 19.7 Å². The van der Waals surface area contributed by atoms with E-state index in [1.54, 1.807) is 6.92 Å². The fraction of sp³-hybridized carbons (Fsp3) is 0.484. The fourth-order valence-electron chi connectivity index (χ4n) is 6.15. The van der Waals surface area contributed by atoms with Gasteiger partial charge in [0.2, 0.25) is 5.88 Å². The predicted octanol–water partition coefficient (Wildman–Crippen LogP) is 6.83. The van der Waals surface area contributed by atoms with Crippen molar-refractivity contribution in [1.29, 1.82) is 0 Å². The van der Waals surface area contributed by atoms with Crippen LogP contribution in [-0.4, -0.2) is 52.0 Å². The highest BCUT2D eigenvalue weighted by Gasteiger charge is 2.47. The number of methoxy groups -OCH3 is 1. The van der Waals surface area contributed by atoms with Crippen LogP contribution in [-0.2, 0) is 18.8 Å². The van der Waals surface area contributed by atoms with Crippen molar-refractivity contribution in [2.75, 3.05) is 30.0 Å². The Morgan fingerprint density at radius 3 is 2.22 bits per heavy atom. The van der Waals surface area contributed by atoms with E-state index in [0.717, 1.165) is 17.7 Å². The molecule has 2 aliphatic rings. The summed E-state index contributed by atoms with van der Waals surface area (Å²) in [6.07, 6.45) is -8.24. The van der Waals surface area contributed by atoms with E-state index in [1.807, 2.05) is 4.90 Å². The quantitative estimate of drug-likeness (QED) is 0.279. The first kappa shape index (κ1) is 33.2. The second-order valence-corrected chi connectivity index (χ2v) is 11.9. The van der Waals surface area contributed by atoms with Gasteiger partial charge in [-0.3, -0.25) is 4.90 Å². The summed E-state index contributed by atoms with van der Waals surface area (Å²) < 4.78 is 87.5. The molecule has 1 saturated heterocycles. The van der Waals surface area contributed by atoms with Gasteiger partial charge in [-0.05, 0) is 61.4 Å². The normalized spacial score (nSPS) is 20.9. The highest BCUT2D eigenvalue weighted by atomic mass is 19.4. The number of fused-ring (bicyclic) bond motifs is 1. The number of aromatic nitrogens is 3. The van der Waals surface area contributed by atoms with Crippen molar-refractivity contribution in [2.45, 2.75) is 69.9 Å². The van der Waals surface area contributed by atoms with E-state index in [2.05, 4.69) is 16.9 Å². The lowest BCUT2D eigenvalue weighted by Gasteiger charge is -2.45. The number of amides is 1. The van der Waals surface area contributed by atoms with Crippen LogP contribution in [0.3, 0.4) is 0 Å². The van der Waals surface area contributed by atoms with Gasteiger partial charge in [-0.1, -0.05) is 13.8 Å². The van der Waals surface area contributed by atoms with Crippen LogP contribution in [0, 0.1) is 5.92 Å². The minimum atomic E-state index is -5.00. The molecular weight excluding hydrogens is 618 g/mol. The first-order valence-electron chi connectivity index (χ1n) is 14.8. The Bertz CT molecular complexity index is 1580. The molecule has 5 rings (SSSR count). The summed E-state index contributed by atoms with van der Waals surface area (Å²) >= 11 is 0. The van der Waals surface area contributed by atoms with Gasteiger partial charge in [0.25, 0.3) is 0 Å². The van der Waals surface area contributed by atoms with Crippen LogP contribution in [0.4, 0.5) is 42.5 Å². The number of piperidine rings is 1. The lowest BCUT2D eigenvalue weighted by molar-refractivity contribution is -0.143. The summed E-state index contributed by atoms with van der Waals surface area (Å²) in [5.74, 6) is 0.0222. The van der Waals surface area contributed by atoms with E-state index in [0.29, 0.717) is 36.8 Å². The number of hydrogen-bond acceptors (Lipinski definition) is 7. The molecule has 0 bridgehead atoms. The lowest BCUT2D eigenvalue weighted by atomic mass is 9.83. The highest BCUT2D eigenvalue weighted by molar-refractivity contribution is 5.89. The van der Waals surface area contributed by atoms with E-state index in [4.69, 9.17) is 15.5 Å². The molecule has 0 unspecified atom stereocenters. The maximum Gasteiger partial charge on any atom is 0.416 e. The summed E-state index contributed by atoms with van der Waals surface area (Å²) in [6.45, 7) is 5.04. The molecule has 9 nitrogen and oxygen atoms in total. The van der Waals surface area contributed by atoms with Crippen LogP contribution in [0.15, 0.2) is 36.5 Å². The Hall–Kier alpha value is -4.14. The number of anilines is 2. The van der Waals surface area contributed by atoms with Crippen LogP contribution < -0.4 is 20.3 Å². The van der Waals surface area contributed by atoms with Crippen molar-refractivity contribution < 1.29 is 41.0 Å². The second kappa shape index (κ2) is 12.2. The molecule has 0 radical (unpaired) electrons. The minimum Gasteiger partial charge on any atom is -0.481 e. The van der Waals surface area contributed by atoms with Gasteiger partial charge in [0, 0.05) is 25.6 Å². The van der Waals surface area contributed by atoms with E-state index < -0.39 is 41.2 Å². The molecular formula is C31H34F6N6O3. The highest BCUT2D eigenvalue weighted by Crippen LogP contribution is 2.45. The van der Waals surface area contributed by atoms with Crippen LogP contribution in [0.1, 0.15) is 79.4 Å². The number of carboxylic acid groups (broad SMARTS) is 1. The zero-order valence-electron chi connectivity index (χ0n) is 25.4. The first-order chi connectivity index (χ1) is 21.5. The van der Waals surface area contributed by atoms with Crippen LogP contribution in [0.25, 0.3) is 0 Å². The molecule has 0 saturated carbocycles. The molecule has 15 heteroatoms. The predicted molar refractivity (Wildman–Crippen MR) is 157 cm³/mol. The van der Waals surface area contributed by atoms with Gasteiger partial charge in [0.1, 0.15) is 11.5 Å². The molecule has 0 aliphatic carbocycles. The Morgan fingerprint density at radius 2 is 1.67 bits per heavy atom. The number of halogens is 6. The molecule has 3 aromatic rings. The topological polar surface area (TPSA) is 118 Å². The number of alkyl halides is 6. The number of rotatable bonds is 6. The molecule has 2 atom stereocenters. The summed E-state index contributed by atoms with van der Waals surface area (Å²) in [5, 5.41) is 10.1. The van der Waals surface area contributed by atoms with Crippen LogP contribution >= 0.6 is 0 Å². The van der Waals surface area contributed by atoms with Crippen LogP contribution in [0.5, 0.6) is 5.88 Å². The Morgan fingerprint density at radius 1 is 1.04 bits per heavy atom. The van der Waals surface area contributed by atoms with Gasteiger partial charge in [0.05, 0.1) is 53.1 Å². The molecule has 46 heavy (non-hydrogen) atoms. The number of nitrogens with zero attached hydrogens (tertiary/aromatic N) is 5. The zero-order chi connectivity index (χ0) is 33.6. The summed E-state index contributed by atoms with van der Waals surface area (Å²) in [6, 6.07) is 4.51. The first-order valence-corrected chi connectivity index (χ1v) is 14.8. The van der Waals surface area contributed by atoms with Gasteiger partial charge >= 0.3 is 18.4 Å². The molecule has 3 N–H and O–H groups in total. The SMILES string of the molecule is CC[C@]1(N)C[C@H](c2ncc(N3CCC(C)CC3)c(Cc3cc(C(F)(F)F)cc(C(F)(F)F)c3)n2)c2nc(OC)ccc2N1C(=O)O. The fourth-order valence-corrected chi connectivity index (χ4v) is 6.15. The Labute approximate surface area is 261 Å². The minimum absolute atomic E-state index is 0.00473. The van der Waals surface area contributed by atoms with Crippen molar-refractivity contribution in [3.8, 4) is 5.88 Å². The van der Waals surface area contributed by atoms with E-state index in [1.165, 1.54) is 25.4 Å². The maximum atomic E-state index is 13.7. The maximum absolute atomic E-state index is 13.7. The summed E-state index contributed by atoms with van der Waals surface area (Å²) in [7, 11) is 1.40. The van der Waals surface area contributed by atoms with E-state index >= 15 is 0 Å². The number of benzene rings is 1. The molecule has 0 spiro atoms. The van der Waals surface area contributed by atoms with Crippen molar-refractivity contribution in [3.05, 3.63) is 70.4 Å². The third-order valence-electron chi connectivity index (χ3n) is 8.78. The monoisotopic (exact) mass is 652 g/mol. The molecule has 1 amide bonds. The van der Waals surface area contributed by atoms with Crippen LogP contribution in [0.2, 0.25) is 0 Å². The average molecular weight is 653 g/mol. The number of pyridine rings is 1. The zero-order valence-corrected chi connectivity index (χ0v) is 25.4. The second-order valence-electron chi connectivity index (χ2n) is 11.9. The molecule has 1 aromatic carbocycles. The van der Waals surface area contributed by atoms with Gasteiger partial charge in [-0.2, -0.15) is 26.3 Å². The van der Waals surface area contributed by atoms with E-state index in [-0.39, 0.29) is 59.7 Å². The smallest absolute Gasteiger partial charge is 0.416 e.